The van der Waals surface area contributed by atoms with E-state index in [-0.39, 0.29) is 0 Å². The van der Waals surface area contributed by atoms with E-state index in [4.69, 9.17) is 32.7 Å². The summed E-state index contributed by atoms with van der Waals surface area (Å²) in [6.45, 7) is 1.86. The molecule has 0 aliphatic heterocycles. The van der Waals surface area contributed by atoms with Crippen molar-refractivity contribution in [2.75, 3.05) is 12.4 Å². The van der Waals surface area contributed by atoms with Gasteiger partial charge in [-0.2, -0.15) is 0 Å². The number of hydrogen-bond acceptors (Lipinski definition) is 4. The average molecular weight is 382 g/mol. The SMILES string of the molecule is COCc1cccc(C(=O)O[C@@H](C)C(=O)Nc2cc(Cl)ccc2Cl)c1. The molecule has 0 saturated carbocycles. The third kappa shape index (κ3) is 5.46. The summed E-state index contributed by atoms with van der Waals surface area (Å²) in [6, 6.07) is 11.5. The van der Waals surface area contributed by atoms with Crippen LogP contribution in [0.3, 0.4) is 0 Å². The molecule has 0 bridgehead atoms. The summed E-state index contributed by atoms with van der Waals surface area (Å²) < 4.78 is 10.2. The zero-order valence-corrected chi connectivity index (χ0v) is 15.2. The molecule has 1 amide bonds. The van der Waals surface area contributed by atoms with Crippen molar-refractivity contribution in [1.82, 2.24) is 0 Å². The van der Waals surface area contributed by atoms with Crippen molar-refractivity contribution in [3.8, 4) is 0 Å². The molecule has 0 saturated heterocycles. The smallest absolute Gasteiger partial charge is 0.338 e. The molecule has 5 nitrogen and oxygen atoms in total. The van der Waals surface area contributed by atoms with Gasteiger partial charge in [0.2, 0.25) is 0 Å². The zero-order chi connectivity index (χ0) is 18.4. The van der Waals surface area contributed by atoms with Crippen LogP contribution in [0.1, 0.15) is 22.8 Å². The number of ether oxygens (including phenoxy) is 2. The zero-order valence-electron chi connectivity index (χ0n) is 13.7. The molecular weight excluding hydrogens is 365 g/mol. The molecule has 0 heterocycles. The number of nitrogens with one attached hydrogen (secondary N) is 1. The highest BCUT2D eigenvalue weighted by molar-refractivity contribution is 6.35. The van der Waals surface area contributed by atoms with Gasteiger partial charge in [0.25, 0.3) is 5.91 Å². The molecule has 1 N–H and O–H groups in total. The third-order valence-electron chi connectivity index (χ3n) is 3.31. The number of anilines is 1. The predicted molar refractivity (Wildman–Crippen MR) is 97.1 cm³/mol. The lowest BCUT2D eigenvalue weighted by molar-refractivity contribution is -0.123. The molecular formula is C18H17Cl2NO4. The minimum atomic E-state index is -1.01. The molecule has 2 rings (SSSR count). The van der Waals surface area contributed by atoms with Crippen LogP contribution in [0.25, 0.3) is 0 Å². The first-order valence-electron chi connectivity index (χ1n) is 7.45. The van der Waals surface area contributed by atoms with Crippen LogP contribution in [0.15, 0.2) is 42.5 Å². The largest absolute Gasteiger partial charge is 0.449 e. The fraction of sp³-hybridized carbons (Fsp3) is 0.222. The first kappa shape index (κ1) is 19.2. The average Bonchev–Trinajstić information content (AvgIpc) is 2.58. The van der Waals surface area contributed by atoms with E-state index in [1.165, 1.54) is 13.0 Å². The van der Waals surface area contributed by atoms with Crippen molar-refractivity contribution in [3.63, 3.8) is 0 Å². The molecule has 0 radical (unpaired) electrons. The summed E-state index contributed by atoms with van der Waals surface area (Å²) in [7, 11) is 1.57. The van der Waals surface area contributed by atoms with E-state index < -0.39 is 18.0 Å². The number of amides is 1. The highest BCUT2D eigenvalue weighted by Crippen LogP contribution is 2.25. The van der Waals surface area contributed by atoms with Crippen molar-refractivity contribution in [2.45, 2.75) is 19.6 Å². The molecule has 0 spiro atoms. The normalized spacial score (nSPS) is 11.7. The third-order valence-corrected chi connectivity index (χ3v) is 3.88. The Morgan fingerprint density at radius 1 is 1.16 bits per heavy atom. The van der Waals surface area contributed by atoms with Crippen LogP contribution in [0, 0.1) is 0 Å². The molecule has 7 heteroatoms. The lowest BCUT2D eigenvalue weighted by Gasteiger charge is -2.14. The number of carbonyl (C=O) groups is 2. The fourth-order valence-electron chi connectivity index (χ4n) is 2.06. The van der Waals surface area contributed by atoms with Gasteiger partial charge < -0.3 is 14.8 Å². The van der Waals surface area contributed by atoms with Crippen LogP contribution in [-0.4, -0.2) is 25.1 Å². The summed E-state index contributed by atoms with van der Waals surface area (Å²) in [4.78, 5) is 24.4. The Morgan fingerprint density at radius 3 is 2.64 bits per heavy atom. The predicted octanol–water partition coefficient (Wildman–Crippen LogP) is 4.32. The molecule has 2 aromatic rings. The molecule has 132 valence electrons. The Labute approximate surface area is 155 Å². The van der Waals surface area contributed by atoms with Crippen LogP contribution < -0.4 is 5.32 Å². The van der Waals surface area contributed by atoms with Crippen molar-refractivity contribution >= 4 is 40.8 Å². The monoisotopic (exact) mass is 381 g/mol. The maximum absolute atomic E-state index is 12.2. The van der Waals surface area contributed by atoms with E-state index in [0.29, 0.717) is 27.9 Å². The van der Waals surface area contributed by atoms with E-state index in [0.717, 1.165) is 5.56 Å². The van der Waals surface area contributed by atoms with Gasteiger partial charge in [-0.05, 0) is 42.8 Å². The van der Waals surface area contributed by atoms with Gasteiger partial charge in [0.1, 0.15) is 0 Å². The van der Waals surface area contributed by atoms with Gasteiger partial charge in [-0.25, -0.2) is 4.79 Å². The molecule has 0 fully saturated rings. The minimum Gasteiger partial charge on any atom is -0.449 e. The Kier molecular flexibility index (Phi) is 6.82. The molecule has 0 aliphatic carbocycles. The lowest BCUT2D eigenvalue weighted by atomic mass is 10.1. The van der Waals surface area contributed by atoms with E-state index >= 15 is 0 Å². The van der Waals surface area contributed by atoms with Gasteiger partial charge in [0, 0.05) is 12.1 Å². The van der Waals surface area contributed by atoms with Gasteiger partial charge >= 0.3 is 5.97 Å². The highest BCUT2D eigenvalue weighted by Gasteiger charge is 2.20. The van der Waals surface area contributed by atoms with E-state index in [1.54, 1.807) is 37.4 Å². The van der Waals surface area contributed by atoms with Crippen LogP contribution >= 0.6 is 23.2 Å². The number of methoxy groups -OCH3 is 1. The van der Waals surface area contributed by atoms with Gasteiger partial charge in [-0.15, -0.1) is 0 Å². The Balaban J connectivity index is 2.01. The molecule has 2 aromatic carbocycles. The Morgan fingerprint density at radius 2 is 1.92 bits per heavy atom. The second kappa shape index (κ2) is 8.85. The van der Waals surface area contributed by atoms with E-state index in [9.17, 15) is 9.59 Å². The molecule has 1 atom stereocenters. The van der Waals surface area contributed by atoms with Crippen molar-refractivity contribution < 1.29 is 19.1 Å². The van der Waals surface area contributed by atoms with Gasteiger partial charge in [-0.3, -0.25) is 4.79 Å². The van der Waals surface area contributed by atoms with Crippen LogP contribution in [0.4, 0.5) is 5.69 Å². The summed E-state index contributed by atoms with van der Waals surface area (Å²) in [6.07, 6.45) is -1.01. The quantitative estimate of drug-likeness (QED) is 0.756. The first-order chi connectivity index (χ1) is 11.9. The summed E-state index contributed by atoms with van der Waals surface area (Å²) >= 11 is 11.9. The number of hydrogen-bond donors (Lipinski definition) is 1. The van der Waals surface area contributed by atoms with Gasteiger partial charge in [0.05, 0.1) is 22.9 Å². The second-order valence-corrected chi connectivity index (χ2v) is 6.14. The molecule has 0 aromatic heterocycles. The fourth-order valence-corrected chi connectivity index (χ4v) is 2.40. The maximum atomic E-state index is 12.2. The molecule has 25 heavy (non-hydrogen) atoms. The van der Waals surface area contributed by atoms with E-state index in [2.05, 4.69) is 5.32 Å². The second-order valence-electron chi connectivity index (χ2n) is 5.29. The standard InChI is InChI=1S/C18H17Cl2NO4/c1-11(17(22)21-16-9-14(19)6-7-15(16)20)25-18(23)13-5-3-4-12(8-13)10-24-2/h3-9,11H,10H2,1-2H3,(H,21,22)/t11-/m0/s1. The summed E-state index contributed by atoms with van der Waals surface area (Å²) in [5, 5.41) is 3.35. The first-order valence-corrected chi connectivity index (χ1v) is 8.21. The molecule has 0 aliphatic rings. The van der Waals surface area contributed by atoms with Crippen molar-refractivity contribution in [3.05, 3.63) is 63.6 Å². The van der Waals surface area contributed by atoms with Crippen LogP contribution in [0.2, 0.25) is 10.0 Å². The highest BCUT2D eigenvalue weighted by atomic mass is 35.5. The van der Waals surface area contributed by atoms with E-state index in [1.807, 2.05) is 6.07 Å². The minimum absolute atomic E-state index is 0.337. The maximum Gasteiger partial charge on any atom is 0.338 e. The number of benzene rings is 2. The van der Waals surface area contributed by atoms with Crippen molar-refractivity contribution in [1.29, 1.82) is 0 Å². The van der Waals surface area contributed by atoms with Crippen molar-refractivity contribution in [2.24, 2.45) is 0 Å². The Bertz CT molecular complexity index is 779. The summed E-state index contributed by atoms with van der Waals surface area (Å²) in [5.74, 6) is -1.11. The topological polar surface area (TPSA) is 64.6 Å². The number of esters is 1. The Hall–Kier alpha value is -2.08. The lowest BCUT2D eigenvalue weighted by Crippen LogP contribution is -2.30. The number of carbonyl (C=O) groups excluding carboxylic acids is 2. The van der Waals surface area contributed by atoms with Crippen LogP contribution in [0.5, 0.6) is 0 Å². The number of halogens is 2. The number of rotatable bonds is 6. The molecule has 0 unspecified atom stereocenters. The summed E-state index contributed by atoms with van der Waals surface area (Å²) in [5.41, 5.74) is 1.53. The van der Waals surface area contributed by atoms with Gasteiger partial charge in [-0.1, -0.05) is 35.3 Å². The van der Waals surface area contributed by atoms with Gasteiger partial charge in [0.15, 0.2) is 6.10 Å². The van der Waals surface area contributed by atoms with Crippen LogP contribution in [-0.2, 0) is 20.9 Å².